The number of aromatic nitrogens is 3. The first-order valence-corrected chi connectivity index (χ1v) is 4.27. The van der Waals surface area contributed by atoms with Crippen LogP contribution in [0.5, 0.6) is 0 Å². The van der Waals surface area contributed by atoms with E-state index in [2.05, 4.69) is 10.3 Å². The zero-order valence-electron chi connectivity index (χ0n) is 8.01. The highest BCUT2D eigenvalue weighted by Crippen LogP contribution is 2.23. The molecule has 0 bridgehead atoms. The molecule has 2 aromatic rings. The first-order chi connectivity index (χ1) is 6.68. The lowest BCUT2D eigenvalue weighted by atomic mass is 10.1. The number of hydrogen-bond donors (Lipinski definition) is 1. The molecule has 74 valence electrons. The summed E-state index contributed by atoms with van der Waals surface area (Å²) in [5.41, 5.74) is 1.40. The van der Waals surface area contributed by atoms with E-state index in [4.69, 9.17) is 4.42 Å². The van der Waals surface area contributed by atoms with Crippen LogP contribution in [0.4, 0.5) is 0 Å². The molecule has 0 saturated carbocycles. The number of aliphatic hydroxyl groups is 1. The number of aryl methyl sites for hydroxylation is 2. The van der Waals surface area contributed by atoms with Gasteiger partial charge in [-0.25, -0.2) is 0 Å². The van der Waals surface area contributed by atoms with Crippen molar-refractivity contribution in [1.82, 2.24) is 15.0 Å². The Morgan fingerprint density at radius 1 is 1.57 bits per heavy atom. The Labute approximate surface area is 81.0 Å². The van der Waals surface area contributed by atoms with Crippen molar-refractivity contribution in [3.05, 3.63) is 35.5 Å². The predicted octanol–water partition coefficient (Wildman–Crippen LogP) is 0.798. The molecule has 0 spiro atoms. The third kappa shape index (κ3) is 1.42. The van der Waals surface area contributed by atoms with E-state index in [0.717, 1.165) is 5.56 Å². The molecule has 14 heavy (non-hydrogen) atoms. The van der Waals surface area contributed by atoms with E-state index in [1.165, 1.54) is 4.68 Å². The Bertz CT molecular complexity index is 433. The largest absolute Gasteiger partial charge is 0.466 e. The van der Waals surface area contributed by atoms with Gasteiger partial charge in [-0.1, -0.05) is 5.21 Å². The number of rotatable bonds is 2. The number of nitrogens with zero attached hydrogens (tertiary/aromatic N) is 3. The summed E-state index contributed by atoms with van der Waals surface area (Å²) in [6, 6.07) is 1.80. The topological polar surface area (TPSA) is 64.1 Å². The Kier molecular flexibility index (Phi) is 2.09. The molecule has 0 amide bonds. The molecule has 1 unspecified atom stereocenters. The maximum Gasteiger partial charge on any atom is 0.157 e. The summed E-state index contributed by atoms with van der Waals surface area (Å²) in [7, 11) is 1.75. The quantitative estimate of drug-likeness (QED) is 0.766. The van der Waals surface area contributed by atoms with Crippen LogP contribution in [0.2, 0.25) is 0 Å². The third-order valence-corrected chi connectivity index (χ3v) is 2.05. The van der Waals surface area contributed by atoms with Crippen LogP contribution < -0.4 is 0 Å². The lowest BCUT2D eigenvalue weighted by Gasteiger charge is -2.03. The van der Waals surface area contributed by atoms with E-state index in [1.807, 2.05) is 6.92 Å². The summed E-state index contributed by atoms with van der Waals surface area (Å²) in [5.74, 6) is 0.519. The van der Waals surface area contributed by atoms with Crippen molar-refractivity contribution < 1.29 is 9.52 Å². The fourth-order valence-electron chi connectivity index (χ4n) is 1.29. The monoisotopic (exact) mass is 193 g/mol. The van der Waals surface area contributed by atoms with Crippen molar-refractivity contribution >= 4 is 0 Å². The van der Waals surface area contributed by atoms with E-state index in [0.29, 0.717) is 11.5 Å². The van der Waals surface area contributed by atoms with Crippen molar-refractivity contribution in [2.45, 2.75) is 13.0 Å². The molecule has 2 aromatic heterocycles. The third-order valence-electron chi connectivity index (χ3n) is 2.05. The van der Waals surface area contributed by atoms with Crippen LogP contribution in [-0.2, 0) is 7.05 Å². The van der Waals surface area contributed by atoms with Gasteiger partial charge in [0, 0.05) is 7.05 Å². The highest BCUT2D eigenvalue weighted by molar-refractivity contribution is 5.22. The van der Waals surface area contributed by atoms with Crippen LogP contribution in [0.1, 0.15) is 23.1 Å². The van der Waals surface area contributed by atoms with Gasteiger partial charge < -0.3 is 9.52 Å². The normalized spacial score (nSPS) is 13.1. The van der Waals surface area contributed by atoms with Gasteiger partial charge in [-0.3, -0.25) is 4.68 Å². The van der Waals surface area contributed by atoms with Crippen LogP contribution >= 0.6 is 0 Å². The smallest absolute Gasteiger partial charge is 0.157 e. The first kappa shape index (κ1) is 8.96. The summed E-state index contributed by atoms with van der Waals surface area (Å²) in [4.78, 5) is 0. The molecule has 0 aliphatic rings. The van der Waals surface area contributed by atoms with E-state index in [1.54, 1.807) is 25.6 Å². The second-order valence-corrected chi connectivity index (χ2v) is 3.19. The van der Waals surface area contributed by atoms with Crippen LogP contribution in [-0.4, -0.2) is 20.1 Å². The van der Waals surface area contributed by atoms with Gasteiger partial charge in [0.2, 0.25) is 0 Å². The molecule has 2 heterocycles. The molecule has 1 atom stereocenters. The highest BCUT2D eigenvalue weighted by Gasteiger charge is 2.18. The van der Waals surface area contributed by atoms with Crippen LogP contribution in [0.25, 0.3) is 0 Å². The molecule has 5 nitrogen and oxygen atoms in total. The number of hydrogen-bond acceptors (Lipinski definition) is 4. The Hall–Kier alpha value is -1.62. The number of aliphatic hydroxyl groups excluding tert-OH is 1. The number of furan rings is 1. The zero-order valence-corrected chi connectivity index (χ0v) is 8.01. The molecule has 0 fully saturated rings. The lowest BCUT2D eigenvalue weighted by Crippen LogP contribution is -2.00. The maximum absolute atomic E-state index is 9.87. The van der Waals surface area contributed by atoms with Gasteiger partial charge in [-0.2, -0.15) is 0 Å². The fraction of sp³-hybridized carbons (Fsp3) is 0.333. The second-order valence-electron chi connectivity index (χ2n) is 3.19. The van der Waals surface area contributed by atoms with Crippen molar-refractivity contribution in [3.8, 4) is 0 Å². The zero-order chi connectivity index (χ0) is 10.1. The molecule has 0 aliphatic heterocycles. The summed E-state index contributed by atoms with van der Waals surface area (Å²) >= 11 is 0. The van der Waals surface area contributed by atoms with Crippen LogP contribution in [0, 0.1) is 6.92 Å². The molecular weight excluding hydrogens is 182 g/mol. The summed E-state index contributed by atoms with van der Waals surface area (Å²) in [6.07, 6.45) is 2.37. The predicted molar refractivity (Wildman–Crippen MR) is 48.5 cm³/mol. The molecule has 1 N–H and O–H groups in total. The van der Waals surface area contributed by atoms with Gasteiger partial charge in [0.1, 0.15) is 11.5 Å². The van der Waals surface area contributed by atoms with Crippen LogP contribution in [0.3, 0.4) is 0 Å². The van der Waals surface area contributed by atoms with Crippen molar-refractivity contribution in [3.63, 3.8) is 0 Å². The Morgan fingerprint density at radius 3 is 2.86 bits per heavy atom. The van der Waals surface area contributed by atoms with Crippen molar-refractivity contribution in [1.29, 1.82) is 0 Å². The van der Waals surface area contributed by atoms with E-state index >= 15 is 0 Å². The average Bonchev–Trinajstić information content (AvgIpc) is 2.73. The lowest BCUT2D eigenvalue weighted by molar-refractivity contribution is 0.183. The van der Waals surface area contributed by atoms with Crippen molar-refractivity contribution in [2.24, 2.45) is 7.05 Å². The summed E-state index contributed by atoms with van der Waals surface area (Å²) < 4.78 is 6.70. The molecule has 5 heteroatoms. The highest BCUT2D eigenvalue weighted by atomic mass is 16.4. The van der Waals surface area contributed by atoms with Gasteiger partial charge in [0.05, 0.1) is 12.5 Å². The second kappa shape index (κ2) is 3.26. The minimum absolute atomic E-state index is 0.491. The SMILES string of the molecule is Cc1ccoc1C(O)c1cn(C)nn1. The minimum atomic E-state index is -0.835. The standard InChI is InChI=1S/C9H11N3O2/c1-6-3-4-14-9(6)8(13)7-5-12(2)11-10-7/h3-5,8,13H,1-2H3. The van der Waals surface area contributed by atoms with E-state index < -0.39 is 6.10 Å². The first-order valence-electron chi connectivity index (χ1n) is 4.27. The molecular formula is C9H11N3O2. The minimum Gasteiger partial charge on any atom is -0.466 e. The molecule has 0 radical (unpaired) electrons. The summed E-state index contributed by atoms with van der Waals surface area (Å²) in [5, 5.41) is 17.4. The Morgan fingerprint density at radius 2 is 2.36 bits per heavy atom. The van der Waals surface area contributed by atoms with Gasteiger partial charge in [-0.05, 0) is 18.6 Å². The van der Waals surface area contributed by atoms with E-state index in [9.17, 15) is 5.11 Å². The fourth-order valence-corrected chi connectivity index (χ4v) is 1.29. The molecule has 0 saturated heterocycles. The maximum atomic E-state index is 9.87. The van der Waals surface area contributed by atoms with Crippen LogP contribution in [0.15, 0.2) is 22.9 Å². The molecule has 2 rings (SSSR count). The van der Waals surface area contributed by atoms with E-state index in [-0.39, 0.29) is 0 Å². The van der Waals surface area contributed by atoms with Crippen molar-refractivity contribution in [2.75, 3.05) is 0 Å². The average molecular weight is 193 g/mol. The van der Waals surface area contributed by atoms with Gasteiger partial charge >= 0.3 is 0 Å². The van der Waals surface area contributed by atoms with Gasteiger partial charge in [0.25, 0.3) is 0 Å². The molecule has 0 aromatic carbocycles. The summed E-state index contributed by atoms with van der Waals surface area (Å²) in [6.45, 7) is 1.87. The Balaban J connectivity index is 2.33. The molecule has 0 aliphatic carbocycles. The van der Waals surface area contributed by atoms with Gasteiger partial charge in [-0.15, -0.1) is 5.10 Å². The van der Waals surface area contributed by atoms with Gasteiger partial charge in [0.15, 0.2) is 6.10 Å².